The molecule has 1 aromatic heterocycles. The van der Waals surface area contributed by atoms with Crippen LogP contribution < -0.4 is 5.32 Å². The summed E-state index contributed by atoms with van der Waals surface area (Å²) in [6.45, 7) is 0.879. The number of hydrogen-bond donors (Lipinski definition) is 1. The average molecular weight is 267 g/mol. The van der Waals surface area contributed by atoms with Gasteiger partial charge in [0, 0.05) is 30.5 Å². The third-order valence-corrected chi connectivity index (χ3v) is 4.12. The molecular formula is C17H21N3. The van der Waals surface area contributed by atoms with Crippen molar-refractivity contribution in [2.75, 3.05) is 0 Å². The summed E-state index contributed by atoms with van der Waals surface area (Å²) in [4.78, 5) is 8.10. The first kappa shape index (κ1) is 13.3. The van der Waals surface area contributed by atoms with E-state index in [4.69, 9.17) is 0 Å². The zero-order valence-corrected chi connectivity index (χ0v) is 11.7. The van der Waals surface area contributed by atoms with Crippen LogP contribution >= 0.6 is 0 Å². The monoisotopic (exact) mass is 267 g/mol. The SMILES string of the molecule is c1ccc(C[C@@H]2CC[C@H](NCc3cncnc3)C2)cc1. The van der Waals surface area contributed by atoms with E-state index >= 15 is 0 Å². The maximum Gasteiger partial charge on any atom is 0.115 e. The number of rotatable bonds is 5. The summed E-state index contributed by atoms with van der Waals surface area (Å²) in [6.07, 6.45) is 10.5. The Kier molecular flexibility index (Phi) is 4.38. The van der Waals surface area contributed by atoms with Crippen molar-refractivity contribution < 1.29 is 0 Å². The lowest BCUT2D eigenvalue weighted by molar-refractivity contribution is 0.483. The molecule has 1 aromatic carbocycles. The van der Waals surface area contributed by atoms with Crippen molar-refractivity contribution in [1.82, 2.24) is 15.3 Å². The van der Waals surface area contributed by atoms with Gasteiger partial charge in [0.1, 0.15) is 6.33 Å². The Morgan fingerprint density at radius 2 is 1.80 bits per heavy atom. The molecule has 1 saturated carbocycles. The lowest BCUT2D eigenvalue weighted by Gasteiger charge is -2.13. The van der Waals surface area contributed by atoms with E-state index in [0.29, 0.717) is 6.04 Å². The molecule has 0 aliphatic heterocycles. The number of nitrogens with one attached hydrogen (secondary N) is 1. The molecule has 3 heteroatoms. The van der Waals surface area contributed by atoms with Crippen molar-refractivity contribution in [3.8, 4) is 0 Å². The quantitative estimate of drug-likeness (QED) is 0.905. The van der Waals surface area contributed by atoms with Crippen LogP contribution in [0.25, 0.3) is 0 Å². The highest BCUT2D eigenvalue weighted by Crippen LogP contribution is 2.28. The van der Waals surface area contributed by atoms with Crippen molar-refractivity contribution in [1.29, 1.82) is 0 Å². The lowest BCUT2D eigenvalue weighted by Crippen LogP contribution is -2.26. The summed E-state index contributed by atoms with van der Waals surface area (Å²) < 4.78 is 0. The lowest BCUT2D eigenvalue weighted by atomic mass is 9.98. The molecule has 1 aliphatic carbocycles. The fourth-order valence-electron chi connectivity index (χ4n) is 3.08. The van der Waals surface area contributed by atoms with Gasteiger partial charge in [-0.3, -0.25) is 0 Å². The third-order valence-electron chi connectivity index (χ3n) is 4.12. The standard InChI is InChI=1S/C17H21N3/c1-2-4-14(5-3-1)8-15-6-7-17(9-15)20-12-16-10-18-13-19-11-16/h1-5,10-11,13,15,17,20H,6-9,12H2/t15-,17-/m0/s1. The average Bonchev–Trinajstić information content (AvgIpc) is 2.95. The Morgan fingerprint density at radius 1 is 1.00 bits per heavy atom. The van der Waals surface area contributed by atoms with Gasteiger partial charge in [0.15, 0.2) is 0 Å². The van der Waals surface area contributed by atoms with Crippen LogP contribution in [0.1, 0.15) is 30.4 Å². The molecule has 3 nitrogen and oxygen atoms in total. The number of nitrogens with zero attached hydrogens (tertiary/aromatic N) is 2. The fraction of sp³-hybridized carbons (Fsp3) is 0.412. The molecule has 0 spiro atoms. The number of hydrogen-bond acceptors (Lipinski definition) is 3. The van der Waals surface area contributed by atoms with Gasteiger partial charge in [0.2, 0.25) is 0 Å². The second kappa shape index (κ2) is 6.62. The van der Waals surface area contributed by atoms with Crippen LogP contribution in [0.5, 0.6) is 0 Å². The summed E-state index contributed by atoms with van der Waals surface area (Å²) in [5.74, 6) is 0.821. The van der Waals surface area contributed by atoms with Crippen LogP contribution in [0.15, 0.2) is 49.1 Å². The third kappa shape index (κ3) is 3.64. The van der Waals surface area contributed by atoms with Crippen LogP contribution in [-0.2, 0) is 13.0 Å². The van der Waals surface area contributed by atoms with Gasteiger partial charge in [0.05, 0.1) is 0 Å². The van der Waals surface area contributed by atoms with Crippen LogP contribution in [0.2, 0.25) is 0 Å². The van der Waals surface area contributed by atoms with E-state index in [0.717, 1.165) is 12.5 Å². The minimum atomic E-state index is 0.643. The normalized spacial score (nSPS) is 22.0. The highest BCUT2D eigenvalue weighted by atomic mass is 14.9. The topological polar surface area (TPSA) is 37.8 Å². The van der Waals surface area contributed by atoms with E-state index in [-0.39, 0.29) is 0 Å². The van der Waals surface area contributed by atoms with E-state index in [1.807, 2.05) is 12.4 Å². The minimum absolute atomic E-state index is 0.643. The van der Waals surface area contributed by atoms with Gasteiger partial charge in [-0.2, -0.15) is 0 Å². The van der Waals surface area contributed by atoms with Crippen LogP contribution in [0, 0.1) is 5.92 Å². The van der Waals surface area contributed by atoms with Crippen molar-refractivity contribution >= 4 is 0 Å². The Bertz CT molecular complexity index is 512. The van der Waals surface area contributed by atoms with Gasteiger partial charge in [-0.25, -0.2) is 9.97 Å². The molecule has 1 heterocycles. The highest BCUT2D eigenvalue weighted by molar-refractivity contribution is 5.15. The van der Waals surface area contributed by atoms with Gasteiger partial charge < -0.3 is 5.32 Å². The number of aromatic nitrogens is 2. The van der Waals surface area contributed by atoms with E-state index in [1.54, 1.807) is 6.33 Å². The van der Waals surface area contributed by atoms with Gasteiger partial charge >= 0.3 is 0 Å². The molecule has 0 amide bonds. The van der Waals surface area contributed by atoms with Crippen molar-refractivity contribution in [3.05, 3.63) is 60.2 Å². The first-order chi connectivity index (χ1) is 9.90. The van der Waals surface area contributed by atoms with Crippen LogP contribution in [0.3, 0.4) is 0 Å². The zero-order chi connectivity index (χ0) is 13.6. The Hall–Kier alpha value is -1.74. The van der Waals surface area contributed by atoms with Crippen LogP contribution in [0.4, 0.5) is 0 Å². The second-order valence-corrected chi connectivity index (χ2v) is 5.69. The summed E-state index contributed by atoms with van der Waals surface area (Å²) >= 11 is 0. The molecule has 0 unspecified atom stereocenters. The summed E-state index contributed by atoms with van der Waals surface area (Å²) in [7, 11) is 0. The first-order valence-corrected chi connectivity index (χ1v) is 7.41. The number of benzene rings is 1. The van der Waals surface area contributed by atoms with E-state index in [2.05, 4.69) is 45.6 Å². The van der Waals surface area contributed by atoms with Crippen LogP contribution in [-0.4, -0.2) is 16.0 Å². The molecule has 0 radical (unpaired) electrons. The predicted molar refractivity (Wildman–Crippen MR) is 80.1 cm³/mol. The fourth-order valence-corrected chi connectivity index (χ4v) is 3.08. The molecule has 2 atom stereocenters. The molecule has 0 bridgehead atoms. The first-order valence-electron chi connectivity index (χ1n) is 7.41. The zero-order valence-electron chi connectivity index (χ0n) is 11.7. The Balaban J connectivity index is 1.45. The Morgan fingerprint density at radius 3 is 2.60 bits per heavy atom. The van der Waals surface area contributed by atoms with Gasteiger partial charge in [0.25, 0.3) is 0 Å². The second-order valence-electron chi connectivity index (χ2n) is 5.69. The molecular weight excluding hydrogens is 246 g/mol. The molecule has 1 N–H and O–H groups in total. The van der Waals surface area contributed by atoms with E-state index in [9.17, 15) is 0 Å². The predicted octanol–water partition coefficient (Wildman–Crippen LogP) is 2.98. The molecule has 0 saturated heterocycles. The van der Waals surface area contributed by atoms with Gasteiger partial charge in [-0.1, -0.05) is 30.3 Å². The van der Waals surface area contributed by atoms with Crippen molar-refractivity contribution in [2.24, 2.45) is 5.92 Å². The molecule has 1 fully saturated rings. The van der Waals surface area contributed by atoms with Gasteiger partial charge in [-0.15, -0.1) is 0 Å². The highest BCUT2D eigenvalue weighted by Gasteiger charge is 2.24. The maximum atomic E-state index is 4.05. The van der Waals surface area contributed by atoms with E-state index < -0.39 is 0 Å². The summed E-state index contributed by atoms with van der Waals surface area (Å²) in [6, 6.07) is 11.5. The molecule has 2 aromatic rings. The van der Waals surface area contributed by atoms with E-state index in [1.165, 1.54) is 36.8 Å². The smallest absolute Gasteiger partial charge is 0.115 e. The molecule has 1 aliphatic rings. The summed E-state index contributed by atoms with van der Waals surface area (Å²) in [5.41, 5.74) is 2.63. The maximum absolute atomic E-state index is 4.05. The Labute approximate surface area is 120 Å². The molecule has 20 heavy (non-hydrogen) atoms. The summed E-state index contributed by atoms with van der Waals surface area (Å²) in [5, 5.41) is 3.63. The molecule has 3 rings (SSSR count). The van der Waals surface area contributed by atoms with Gasteiger partial charge in [-0.05, 0) is 37.2 Å². The van der Waals surface area contributed by atoms with Crippen molar-refractivity contribution in [2.45, 2.75) is 38.3 Å². The molecule has 104 valence electrons. The largest absolute Gasteiger partial charge is 0.310 e. The van der Waals surface area contributed by atoms with Crippen molar-refractivity contribution in [3.63, 3.8) is 0 Å². The minimum Gasteiger partial charge on any atom is -0.310 e.